The van der Waals surface area contributed by atoms with E-state index >= 15 is 0 Å². The van der Waals surface area contributed by atoms with Gasteiger partial charge in [-0.2, -0.15) is 5.26 Å². The summed E-state index contributed by atoms with van der Waals surface area (Å²) >= 11 is 1.22. The van der Waals surface area contributed by atoms with E-state index < -0.39 is 24.3 Å². The Kier molecular flexibility index (Phi) is 6.47. The highest BCUT2D eigenvalue weighted by atomic mass is 32.1. The first-order chi connectivity index (χ1) is 12.4. The van der Waals surface area contributed by atoms with Crippen LogP contribution in [0.2, 0.25) is 0 Å². The van der Waals surface area contributed by atoms with Gasteiger partial charge in [0.1, 0.15) is 5.01 Å². The maximum absolute atomic E-state index is 12.1. The normalized spacial score (nSPS) is 11.7. The van der Waals surface area contributed by atoms with E-state index in [4.69, 9.17) is 14.7 Å². The van der Waals surface area contributed by atoms with Crippen LogP contribution in [0.25, 0.3) is 6.08 Å². The van der Waals surface area contributed by atoms with Gasteiger partial charge < -0.3 is 14.6 Å². The van der Waals surface area contributed by atoms with Crippen LogP contribution < -0.4 is 4.74 Å². The number of carbonyl (C=O) groups excluding carboxylic acids is 2. The van der Waals surface area contributed by atoms with Crippen LogP contribution in [-0.4, -0.2) is 35.6 Å². The molecule has 0 unspecified atom stereocenters. The number of hydrogen-bond acceptors (Lipinski definition) is 8. The standard InChI is InChI=1S/C18H16N2O5S/c1-11-10-26-18(20-11)13(8-19)15(22)9-25-17(23)6-4-12-3-5-14(21)16(7-12)24-2/h3-7,10,13,21H,9H2,1-2H3/b6-4+/t13-/m0/s1. The molecular weight excluding hydrogens is 356 g/mol. The van der Waals surface area contributed by atoms with Crippen molar-refractivity contribution in [2.24, 2.45) is 0 Å². The smallest absolute Gasteiger partial charge is 0.331 e. The highest BCUT2D eigenvalue weighted by Crippen LogP contribution is 2.26. The molecule has 134 valence electrons. The molecule has 2 aromatic rings. The van der Waals surface area contributed by atoms with Crippen molar-refractivity contribution in [2.75, 3.05) is 13.7 Å². The summed E-state index contributed by atoms with van der Waals surface area (Å²) < 4.78 is 9.86. The molecule has 0 aliphatic rings. The van der Waals surface area contributed by atoms with Crippen molar-refractivity contribution in [1.29, 1.82) is 5.26 Å². The van der Waals surface area contributed by atoms with Crippen LogP contribution in [0.1, 0.15) is 22.2 Å². The fourth-order valence-electron chi connectivity index (χ4n) is 2.01. The third-order valence-corrected chi connectivity index (χ3v) is 4.33. The number of ketones is 1. The molecule has 0 amide bonds. The number of aryl methyl sites for hydroxylation is 1. The van der Waals surface area contributed by atoms with Crippen LogP contribution >= 0.6 is 11.3 Å². The number of nitriles is 1. The van der Waals surface area contributed by atoms with E-state index in [1.807, 2.05) is 6.07 Å². The Morgan fingerprint density at radius 2 is 2.23 bits per heavy atom. The average molecular weight is 372 g/mol. The second-order valence-electron chi connectivity index (χ2n) is 5.23. The molecule has 1 atom stereocenters. The molecule has 1 aromatic heterocycles. The molecule has 0 saturated carbocycles. The van der Waals surface area contributed by atoms with Crippen LogP contribution in [0.15, 0.2) is 29.7 Å². The van der Waals surface area contributed by atoms with Crippen LogP contribution in [0.3, 0.4) is 0 Å². The quantitative estimate of drug-likeness (QED) is 0.587. The van der Waals surface area contributed by atoms with Gasteiger partial charge in [0.25, 0.3) is 0 Å². The summed E-state index contributed by atoms with van der Waals surface area (Å²) in [7, 11) is 1.41. The Bertz CT molecular complexity index is 882. The number of rotatable bonds is 7. The first-order valence-electron chi connectivity index (χ1n) is 7.50. The van der Waals surface area contributed by atoms with Gasteiger partial charge in [-0.1, -0.05) is 6.07 Å². The van der Waals surface area contributed by atoms with Gasteiger partial charge in [-0.15, -0.1) is 11.3 Å². The number of aromatic hydroxyl groups is 1. The number of esters is 1. The van der Waals surface area contributed by atoms with Gasteiger partial charge in [0.15, 0.2) is 29.8 Å². The van der Waals surface area contributed by atoms with Gasteiger partial charge in [0, 0.05) is 17.2 Å². The Labute approximate surface area is 154 Å². The molecule has 2 rings (SSSR count). The number of aromatic nitrogens is 1. The van der Waals surface area contributed by atoms with Gasteiger partial charge in [-0.25, -0.2) is 9.78 Å². The molecule has 0 fully saturated rings. The lowest BCUT2D eigenvalue weighted by Crippen LogP contribution is -2.19. The minimum Gasteiger partial charge on any atom is -0.504 e. The maximum atomic E-state index is 12.1. The summed E-state index contributed by atoms with van der Waals surface area (Å²) in [5, 5.41) is 20.8. The van der Waals surface area contributed by atoms with Gasteiger partial charge in [0.2, 0.25) is 0 Å². The van der Waals surface area contributed by atoms with Gasteiger partial charge in [-0.3, -0.25) is 4.79 Å². The zero-order valence-corrected chi connectivity index (χ0v) is 14.9. The molecule has 1 N–H and O–H groups in total. The number of thiazole rings is 1. The molecule has 0 aliphatic carbocycles. The van der Waals surface area contributed by atoms with E-state index in [2.05, 4.69) is 4.98 Å². The number of phenolic OH excluding ortho intramolecular Hbond substituents is 1. The van der Waals surface area contributed by atoms with Crippen molar-refractivity contribution in [3.8, 4) is 17.6 Å². The fraction of sp³-hybridized carbons (Fsp3) is 0.222. The zero-order chi connectivity index (χ0) is 19.1. The number of phenols is 1. The lowest BCUT2D eigenvalue weighted by Gasteiger charge is -2.05. The van der Waals surface area contributed by atoms with E-state index in [1.165, 1.54) is 30.6 Å². The molecule has 8 heteroatoms. The molecule has 1 heterocycles. The van der Waals surface area contributed by atoms with Crippen LogP contribution in [0, 0.1) is 18.3 Å². The van der Waals surface area contributed by atoms with Crippen LogP contribution in [0.5, 0.6) is 11.5 Å². The molecular formula is C18H16N2O5S. The third-order valence-electron chi connectivity index (χ3n) is 3.31. The zero-order valence-electron chi connectivity index (χ0n) is 14.1. The molecule has 0 saturated heterocycles. The minimum absolute atomic E-state index is 0.0159. The second-order valence-corrected chi connectivity index (χ2v) is 6.12. The van der Waals surface area contributed by atoms with Crippen LogP contribution in [0.4, 0.5) is 0 Å². The molecule has 0 spiro atoms. The predicted octanol–water partition coefficient (Wildman–Crippen LogP) is 2.60. The second kappa shape index (κ2) is 8.78. The number of nitrogens with zero attached hydrogens (tertiary/aromatic N) is 2. The highest BCUT2D eigenvalue weighted by molar-refractivity contribution is 7.09. The Morgan fingerprint density at radius 1 is 1.46 bits per heavy atom. The predicted molar refractivity (Wildman–Crippen MR) is 94.9 cm³/mol. The fourth-order valence-corrected chi connectivity index (χ4v) is 2.87. The van der Waals surface area contributed by atoms with Gasteiger partial charge >= 0.3 is 5.97 Å². The van der Waals surface area contributed by atoms with E-state index in [9.17, 15) is 14.7 Å². The molecule has 1 aromatic carbocycles. The highest BCUT2D eigenvalue weighted by Gasteiger charge is 2.24. The summed E-state index contributed by atoms with van der Waals surface area (Å²) in [6.45, 7) is 1.25. The molecule has 0 radical (unpaired) electrons. The summed E-state index contributed by atoms with van der Waals surface area (Å²) in [6, 6.07) is 6.44. The van der Waals surface area contributed by atoms with E-state index in [0.717, 1.165) is 11.8 Å². The summed E-state index contributed by atoms with van der Waals surface area (Å²) in [4.78, 5) is 28.0. The Balaban J connectivity index is 1.93. The molecule has 26 heavy (non-hydrogen) atoms. The summed E-state index contributed by atoms with van der Waals surface area (Å²) in [5.74, 6) is -2.05. The Hall–Kier alpha value is -3.18. The maximum Gasteiger partial charge on any atom is 0.331 e. The first kappa shape index (κ1) is 19.1. The Morgan fingerprint density at radius 3 is 2.85 bits per heavy atom. The molecule has 7 nitrogen and oxygen atoms in total. The number of hydrogen-bond donors (Lipinski definition) is 1. The summed E-state index contributed by atoms with van der Waals surface area (Å²) in [5.41, 5.74) is 1.33. The number of benzene rings is 1. The minimum atomic E-state index is -1.05. The molecule has 0 bridgehead atoms. The van der Waals surface area contributed by atoms with Crippen molar-refractivity contribution in [3.05, 3.63) is 45.9 Å². The molecule has 0 aliphatic heterocycles. The van der Waals surface area contributed by atoms with Crippen LogP contribution in [-0.2, 0) is 14.3 Å². The lowest BCUT2D eigenvalue weighted by molar-refractivity contribution is -0.143. The summed E-state index contributed by atoms with van der Waals surface area (Å²) in [6.07, 6.45) is 2.61. The van der Waals surface area contributed by atoms with Crippen molar-refractivity contribution in [1.82, 2.24) is 4.98 Å². The average Bonchev–Trinajstić information content (AvgIpc) is 3.05. The monoisotopic (exact) mass is 372 g/mol. The van der Waals surface area contributed by atoms with Crippen molar-refractivity contribution in [3.63, 3.8) is 0 Å². The third kappa shape index (κ3) is 4.91. The van der Waals surface area contributed by atoms with Crippen molar-refractivity contribution in [2.45, 2.75) is 12.8 Å². The van der Waals surface area contributed by atoms with Gasteiger partial charge in [-0.05, 0) is 30.7 Å². The van der Waals surface area contributed by atoms with E-state index in [0.29, 0.717) is 10.6 Å². The number of Topliss-reactive ketones (excluding diaryl/α,β-unsaturated/α-hetero) is 1. The lowest BCUT2D eigenvalue weighted by atomic mass is 10.1. The van der Waals surface area contributed by atoms with E-state index in [-0.39, 0.29) is 11.5 Å². The van der Waals surface area contributed by atoms with Gasteiger partial charge in [0.05, 0.1) is 13.2 Å². The van der Waals surface area contributed by atoms with Crippen molar-refractivity contribution >= 4 is 29.2 Å². The van der Waals surface area contributed by atoms with Crippen molar-refractivity contribution < 1.29 is 24.2 Å². The topological polar surface area (TPSA) is 110 Å². The largest absolute Gasteiger partial charge is 0.504 e. The number of methoxy groups -OCH3 is 1. The number of ether oxygens (including phenoxy) is 2. The number of carbonyl (C=O) groups is 2. The van der Waals surface area contributed by atoms with E-state index in [1.54, 1.807) is 24.4 Å². The SMILES string of the molecule is COc1cc(/C=C/C(=O)OCC(=O)[C@H](C#N)c2nc(C)cs2)ccc1O. The first-order valence-corrected chi connectivity index (χ1v) is 8.38.